The molecule has 1 N–H and O–H groups in total. The van der Waals surface area contributed by atoms with Crippen molar-refractivity contribution in [1.29, 1.82) is 0 Å². The number of nitrogens with zero attached hydrogens (tertiary/aromatic N) is 2. The second-order valence-corrected chi connectivity index (χ2v) is 3.70. The van der Waals surface area contributed by atoms with Gasteiger partial charge in [-0.05, 0) is 33.4 Å². The maximum Gasteiger partial charge on any atom is 0.108 e. The summed E-state index contributed by atoms with van der Waals surface area (Å²) in [6.45, 7) is 5.51. The molecule has 0 saturated heterocycles. The minimum Gasteiger partial charge on any atom is -0.332 e. The van der Waals surface area contributed by atoms with Crippen molar-refractivity contribution in [3.05, 3.63) is 18.2 Å². The Hall–Kier alpha value is -0.830. The lowest BCUT2D eigenvalue weighted by Crippen LogP contribution is -2.12. The van der Waals surface area contributed by atoms with Crippen LogP contribution in [0.3, 0.4) is 0 Å². The summed E-state index contributed by atoms with van der Waals surface area (Å²) in [5.74, 6) is 1.20. The van der Waals surface area contributed by atoms with E-state index >= 15 is 0 Å². The van der Waals surface area contributed by atoms with Crippen LogP contribution in [0.5, 0.6) is 0 Å². The highest BCUT2D eigenvalue weighted by Crippen LogP contribution is 2.14. The Labute approximate surface area is 86.5 Å². The van der Waals surface area contributed by atoms with Crippen molar-refractivity contribution < 1.29 is 0 Å². The van der Waals surface area contributed by atoms with Gasteiger partial charge in [0.25, 0.3) is 0 Å². The summed E-state index contributed by atoms with van der Waals surface area (Å²) in [4.78, 5) is 4.33. The van der Waals surface area contributed by atoms with Crippen LogP contribution in [0.1, 0.15) is 38.6 Å². The fourth-order valence-electron chi connectivity index (χ4n) is 1.73. The van der Waals surface area contributed by atoms with Crippen molar-refractivity contribution in [2.24, 2.45) is 0 Å². The third-order valence-corrected chi connectivity index (χ3v) is 2.59. The van der Waals surface area contributed by atoms with E-state index in [1.54, 1.807) is 0 Å². The second-order valence-electron chi connectivity index (χ2n) is 3.70. The molecule has 3 nitrogen and oxygen atoms in total. The van der Waals surface area contributed by atoms with E-state index in [9.17, 15) is 0 Å². The highest BCUT2D eigenvalue weighted by atomic mass is 15.1. The molecule has 1 rings (SSSR count). The number of imidazole rings is 1. The Bertz CT molecular complexity index is 255. The molecular formula is C11H21N3. The van der Waals surface area contributed by atoms with Crippen molar-refractivity contribution in [2.45, 2.75) is 39.2 Å². The first-order valence-electron chi connectivity index (χ1n) is 5.45. The number of aryl methyl sites for hydroxylation is 1. The first-order chi connectivity index (χ1) is 6.79. The van der Waals surface area contributed by atoms with Crippen LogP contribution in [-0.4, -0.2) is 23.1 Å². The zero-order valence-corrected chi connectivity index (χ0v) is 9.45. The van der Waals surface area contributed by atoms with Gasteiger partial charge in [-0.2, -0.15) is 0 Å². The topological polar surface area (TPSA) is 29.9 Å². The van der Waals surface area contributed by atoms with E-state index in [1.807, 2.05) is 13.2 Å². The molecular weight excluding hydrogens is 174 g/mol. The Kier molecular flexibility index (Phi) is 4.66. The van der Waals surface area contributed by atoms with Gasteiger partial charge in [0.15, 0.2) is 0 Å². The maximum atomic E-state index is 4.33. The standard InChI is InChI=1S/C11H21N3/c1-4-11-13-8-9-14(11)10(2)6-5-7-12-3/h8-10,12H,4-7H2,1-3H3. The summed E-state index contributed by atoms with van der Waals surface area (Å²) < 4.78 is 2.29. The molecule has 0 bridgehead atoms. The van der Waals surface area contributed by atoms with Gasteiger partial charge in [-0.3, -0.25) is 0 Å². The smallest absolute Gasteiger partial charge is 0.108 e. The van der Waals surface area contributed by atoms with Gasteiger partial charge in [0.05, 0.1) is 0 Å². The van der Waals surface area contributed by atoms with E-state index < -0.39 is 0 Å². The van der Waals surface area contributed by atoms with Crippen molar-refractivity contribution in [3.8, 4) is 0 Å². The summed E-state index contributed by atoms with van der Waals surface area (Å²) in [5.41, 5.74) is 0. The molecule has 1 heterocycles. The van der Waals surface area contributed by atoms with Crippen molar-refractivity contribution >= 4 is 0 Å². The molecule has 1 atom stereocenters. The lowest BCUT2D eigenvalue weighted by Gasteiger charge is -2.15. The zero-order valence-electron chi connectivity index (χ0n) is 9.45. The van der Waals surface area contributed by atoms with Gasteiger partial charge in [-0.15, -0.1) is 0 Å². The zero-order chi connectivity index (χ0) is 10.4. The first kappa shape index (κ1) is 11.2. The summed E-state index contributed by atoms with van der Waals surface area (Å²) in [6.07, 6.45) is 7.43. The fraction of sp³-hybridized carbons (Fsp3) is 0.727. The van der Waals surface area contributed by atoms with Gasteiger partial charge in [-0.1, -0.05) is 6.92 Å². The summed E-state index contributed by atoms with van der Waals surface area (Å²) in [6, 6.07) is 0.570. The van der Waals surface area contributed by atoms with Crippen molar-refractivity contribution in [3.63, 3.8) is 0 Å². The molecule has 0 amide bonds. The number of aromatic nitrogens is 2. The summed E-state index contributed by atoms with van der Waals surface area (Å²) in [5, 5.41) is 3.17. The van der Waals surface area contributed by atoms with E-state index in [2.05, 4.69) is 34.9 Å². The van der Waals surface area contributed by atoms with Crippen LogP contribution in [0.4, 0.5) is 0 Å². The molecule has 3 heteroatoms. The fourth-order valence-corrected chi connectivity index (χ4v) is 1.73. The molecule has 0 radical (unpaired) electrons. The summed E-state index contributed by atoms with van der Waals surface area (Å²) >= 11 is 0. The molecule has 0 aliphatic carbocycles. The largest absolute Gasteiger partial charge is 0.332 e. The molecule has 0 saturated carbocycles. The SMILES string of the molecule is CCc1nccn1C(C)CCCNC. The lowest BCUT2D eigenvalue weighted by molar-refractivity contribution is 0.469. The number of hydrogen-bond donors (Lipinski definition) is 1. The highest BCUT2D eigenvalue weighted by Gasteiger charge is 2.07. The van der Waals surface area contributed by atoms with E-state index in [0.717, 1.165) is 13.0 Å². The van der Waals surface area contributed by atoms with Crippen LogP contribution < -0.4 is 5.32 Å². The molecule has 80 valence electrons. The number of nitrogens with one attached hydrogen (secondary N) is 1. The van der Waals surface area contributed by atoms with Crippen LogP contribution >= 0.6 is 0 Å². The Morgan fingerprint density at radius 1 is 1.57 bits per heavy atom. The average molecular weight is 195 g/mol. The van der Waals surface area contributed by atoms with E-state index in [0.29, 0.717) is 6.04 Å². The molecule has 1 aromatic heterocycles. The molecule has 0 aliphatic heterocycles. The molecule has 0 aliphatic rings. The maximum absolute atomic E-state index is 4.33. The van der Waals surface area contributed by atoms with Crippen LogP contribution in [0.15, 0.2) is 12.4 Å². The van der Waals surface area contributed by atoms with Gasteiger partial charge in [-0.25, -0.2) is 4.98 Å². The molecule has 0 aromatic carbocycles. The predicted molar refractivity (Wildman–Crippen MR) is 59.5 cm³/mol. The summed E-state index contributed by atoms with van der Waals surface area (Å²) in [7, 11) is 2.00. The van der Waals surface area contributed by atoms with Crippen LogP contribution in [0.25, 0.3) is 0 Å². The molecule has 0 spiro atoms. The van der Waals surface area contributed by atoms with Crippen molar-refractivity contribution in [1.82, 2.24) is 14.9 Å². The van der Waals surface area contributed by atoms with E-state index in [4.69, 9.17) is 0 Å². The number of rotatable bonds is 6. The minimum atomic E-state index is 0.570. The highest BCUT2D eigenvalue weighted by molar-refractivity contribution is 4.94. The van der Waals surface area contributed by atoms with Gasteiger partial charge in [0.2, 0.25) is 0 Å². The van der Waals surface area contributed by atoms with Crippen LogP contribution in [0, 0.1) is 0 Å². The third-order valence-electron chi connectivity index (χ3n) is 2.59. The van der Waals surface area contributed by atoms with Gasteiger partial charge >= 0.3 is 0 Å². The van der Waals surface area contributed by atoms with Crippen molar-refractivity contribution in [2.75, 3.05) is 13.6 Å². The predicted octanol–water partition coefficient (Wildman–Crippen LogP) is 2.01. The van der Waals surface area contributed by atoms with E-state index in [1.165, 1.54) is 18.7 Å². The van der Waals surface area contributed by atoms with Crippen LogP contribution in [-0.2, 0) is 6.42 Å². The quantitative estimate of drug-likeness (QED) is 0.704. The molecule has 14 heavy (non-hydrogen) atoms. The molecule has 0 fully saturated rings. The third kappa shape index (κ3) is 2.84. The number of hydrogen-bond acceptors (Lipinski definition) is 2. The Balaban J connectivity index is 2.47. The monoisotopic (exact) mass is 195 g/mol. The lowest BCUT2D eigenvalue weighted by atomic mass is 10.2. The van der Waals surface area contributed by atoms with Gasteiger partial charge in [0.1, 0.15) is 5.82 Å². The molecule has 1 unspecified atom stereocenters. The van der Waals surface area contributed by atoms with Gasteiger partial charge in [0, 0.05) is 24.9 Å². The van der Waals surface area contributed by atoms with Crippen LogP contribution in [0.2, 0.25) is 0 Å². The Morgan fingerprint density at radius 2 is 2.36 bits per heavy atom. The first-order valence-corrected chi connectivity index (χ1v) is 5.45. The Morgan fingerprint density at radius 3 is 3.00 bits per heavy atom. The minimum absolute atomic E-state index is 0.570. The molecule has 1 aromatic rings. The second kappa shape index (κ2) is 5.81. The normalized spacial score (nSPS) is 13.1. The van der Waals surface area contributed by atoms with E-state index in [-0.39, 0.29) is 0 Å². The van der Waals surface area contributed by atoms with Gasteiger partial charge < -0.3 is 9.88 Å². The average Bonchev–Trinajstić information content (AvgIpc) is 2.65.